The topological polar surface area (TPSA) is 71.8 Å². The first-order chi connectivity index (χ1) is 13.1. The zero-order valence-electron chi connectivity index (χ0n) is 16.5. The Hall–Kier alpha value is -2.70. The van der Waals surface area contributed by atoms with E-state index in [9.17, 15) is 0 Å². The van der Waals surface area contributed by atoms with Gasteiger partial charge in [0.05, 0.1) is 5.69 Å². The molecule has 0 amide bonds. The quantitative estimate of drug-likeness (QED) is 0.717. The van der Waals surface area contributed by atoms with Gasteiger partial charge in [-0.05, 0) is 44.2 Å². The number of aromatic nitrogens is 5. The molecule has 3 aromatic rings. The Balaban J connectivity index is 1.82. The lowest BCUT2D eigenvalue weighted by molar-refractivity contribution is 0.397. The minimum Gasteiger partial charge on any atom is -0.341 e. The van der Waals surface area contributed by atoms with Crippen molar-refractivity contribution in [2.24, 2.45) is 7.05 Å². The molecule has 0 bridgehead atoms. The Morgan fingerprint density at radius 1 is 1.26 bits per heavy atom. The second-order valence-electron chi connectivity index (χ2n) is 7.43. The highest BCUT2D eigenvalue weighted by Gasteiger charge is 2.26. The first kappa shape index (κ1) is 17.7. The first-order valence-electron chi connectivity index (χ1n) is 9.73. The van der Waals surface area contributed by atoms with E-state index in [1.807, 2.05) is 37.0 Å². The van der Waals surface area contributed by atoms with E-state index in [4.69, 9.17) is 15.1 Å². The SMILES string of the molecule is CCCc1nn(C)c2c(Nc3ccc(C)cn3)nc(N(C)C3CCC3)nc12. The van der Waals surface area contributed by atoms with Crippen LogP contribution in [0.15, 0.2) is 18.3 Å². The number of aryl methyl sites for hydroxylation is 3. The van der Waals surface area contributed by atoms with Crippen molar-refractivity contribution in [1.29, 1.82) is 0 Å². The molecule has 0 spiro atoms. The van der Waals surface area contributed by atoms with E-state index >= 15 is 0 Å². The molecular weight excluding hydrogens is 338 g/mol. The van der Waals surface area contributed by atoms with E-state index in [0.29, 0.717) is 6.04 Å². The standard InChI is InChI=1S/C20H27N7/c1-5-7-15-17-18(27(4)25-15)19(22-16-11-10-13(2)12-21-16)24-20(23-17)26(3)14-8-6-9-14/h10-12,14H,5-9H2,1-4H3,(H,21,22,23,24). The van der Waals surface area contributed by atoms with Gasteiger partial charge in [0, 0.05) is 26.3 Å². The fourth-order valence-electron chi connectivity index (χ4n) is 3.48. The van der Waals surface area contributed by atoms with Gasteiger partial charge in [-0.1, -0.05) is 19.4 Å². The zero-order chi connectivity index (χ0) is 19.0. The van der Waals surface area contributed by atoms with E-state index in [-0.39, 0.29) is 0 Å². The summed E-state index contributed by atoms with van der Waals surface area (Å²) < 4.78 is 1.88. The van der Waals surface area contributed by atoms with Crippen molar-refractivity contribution in [3.8, 4) is 0 Å². The Kier molecular flexibility index (Phi) is 4.68. The smallest absolute Gasteiger partial charge is 0.228 e. The van der Waals surface area contributed by atoms with Crippen LogP contribution in [0.4, 0.5) is 17.6 Å². The molecule has 0 saturated heterocycles. The Bertz CT molecular complexity index is 941. The number of fused-ring (bicyclic) bond motifs is 1. The lowest BCUT2D eigenvalue weighted by Gasteiger charge is -2.34. The molecule has 1 aliphatic carbocycles. The van der Waals surface area contributed by atoms with Crippen molar-refractivity contribution in [3.63, 3.8) is 0 Å². The summed E-state index contributed by atoms with van der Waals surface area (Å²) >= 11 is 0. The van der Waals surface area contributed by atoms with Crippen LogP contribution < -0.4 is 10.2 Å². The van der Waals surface area contributed by atoms with Crippen molar-refractivity contribution in [2.75, 3.05) is 17.3 Å². The Morgan fingerprint density at radius 2 is 2.07 bits per heavy atom. The Morgan fingerprint density at radius 3 is 2.70 bits per heavy atom. The normalized spacial score (nSPS) is 14.4. The number of rotatable bonds is 6. The van der Waals surface area contributed by atoms with E-state index in [2.05, 4.69) is 29.2 Å². The van der Waals surface area contributed by atoms with Crippen LogP contribution in [-0.4, -0.2) is 37.8 Å². The molecule has 0 radical (unpaired) electrons. The molecule has 0 aromatic carbocycles. The maximum absolute atomic E-state index is 4.90. The largest absolute Gasteiger partial charge is 0.341 e. The lowest BCUT2D eigenvalue weighted by Crippen LogP contribution is -2.38. The molecule has 27 heavy (non-hydrogen) atoms. The summed E-state index contributed by atoms with van der Waals surface area (Å²) in [5.74, 6) is 2.29. The highest BCUT2D eigenvalue weighted by molar-refractivity contribution is 5.90. The van der Waals surface area contributed by atoms with E-state index in [1.165, 1.54) is 19.3 Å². The predicted molar refractivity (Wildman–Crippen MR) is 109 cm³/mol. The average Bonchev–Trinajstić information content (AvgIpc) is 2.92. The van der Waals surface area contributed by atoms with Gasteiger partial charge in [-0.3, -0.25) is 4.68 Å². The molecule has 1 aliphatic rings. The molecule has 1 fully saturated rings. The van der Waals surface area contributed by atoms with Crippen LogP contribution in [0.25, 0.3) is 11.0 Å². The molecule has 1 saturated carbocycles. The molecule has 3 aromatic heterocycles. The highest BCUT2D eigenvalue weighted by atomic mass is 15.3. The van der Waals surface area contributed by atoms with Crippen LogP contribution in [-0.2, 0) is 13.5 Å². The average molecular weight is 365 g/mol. The van der Waals surface area contributed by atoms with Gasteiger partial charge in [-0.2, -0.15) is 10.1 Å². The van der Waals surface area contributed by atoms with Gasteiger partial charge in [-0.25, -0.2) is 9.97 Å². The number of anilines is 3. The van der Waals surface area contributed by atoms with E-state index in [0.717, 1.165) is 52.7 Å². The minimum absolute atomic E-state index is 0.527. The molecule has 142 valence electrons. The van der Waals surface area contributed by atoms with Crippen molar-refractivity contribution in [3.05, 3.63) is 29.6 Å². The molecule has 1 N–H and O–H groups in total. The van der Waals surface area contributed by atoms with Crippen LogP contribution in [0.3, 0.4) is 0 Å². The third kappa shape index (κ3) is 3.34. The third-order valence-corrected chi connectivity index (χ3v) is 5.32. The molecule has 7 heteroatoms. The maximum Gasteiger partial charge on any atom is 0.228 e. The molecule has 0 aliphatic heterocycles. The predicted octanol–water partition coefficient (Wildman–Crippen LogP) is 3.75. The minimum atomic E-state index is 0.527. The van der Waals surface area contributed by atoms with Crippen LogP contribution in [0.5, 0.6) is 0 Å². The second-order valence-corrected chi connectivity index (χ2v) is 7.43. The fraction of sp³-hybridized carbons (Fsp3) is 0.500. The van der Waals surface area contributed by atoms with Crippen molar-refractivity contribution in [2.45, 2.75) is 52.0 Å². The van der Waals surface area contributed by atoms with Crippen LogP contribution in [0.1, 0.15) is 43.9 Å². The molecule has 0 unspecified atom stereocenters. The van der Waals surface area contributed by atoms with Crippen molar-refractivity contribution >= 4 is 28.6 Å². The summed E-state index contributed by atoms with van der Waals surface area (Å²) in [6.45, 7) is 4.20. The molecular formula is C20H27N7. The van der Waals surface area contributed by atoms with Gasteiger partial charge < -0.3 is 10.2 Å². The molecule has 7 nitrogen and oxygen atoms in total. The number of nitrogens with zero attached hydrogens (tertiary/aromatic N) is 6. The van der Waals surface area contributed by atoms with Gasteiger partial charge >= 0.3 is 0 Å². The number of pyridine rings is 1. The van der Waals surface area contributed by atoms with Crippen LogP contribution in [0.2, 0.25) is 0 Å². The summed E-state index contributed by atoms with van der Waals surface area (Å²) in [4.78, 5) is 16.4. The summed E-state index contributed by atoms with van der Waals surface area (Å²) in [6, 6.07) is 4.54. The summed E-state index contributed by atoms with van der Waals surface area (Å²) in [7, 11) is 4.04. The zero-order valence-corrected chi connectivity index (χ0v) is 16.5. The first-order valence-corrected chi connectivity index (χ1v) is 9.73. The van der Waals surface area contributed by atoms with Crippen LogP contribution in [0, 0.1) is 6.92 Å². The second kappa shape index (κ2) is 7.13. The van der Waals surface area contributed by atoms with Gasteiger partial charge in [0.2, 0.25) is 5.95 Å². The number of hydrogen-bond acceptors (Lipinski definition) is 6. The third-order valence-electron chi connectivity index (χ3n) is 5.32. The summed E-state index contributed by atoms with van der Waals surface area (Å²) in [5.41, 5.74) is 4.02. The van der Waals surface area contributed by atoms with Gasteiger partial charge in [-0.15, -0.1) is 0 Å². The van der Waals surface area contributed by atoms with Gasteiger partial charge in [0.1, 0.15) is 16.9 Å². The maximum atomic E-state index is 4.90. The van der Waals surface area contributed by atoms with Gasteiger partial charge in [0.15, 0.2) is 5.82 Å². The monoisotopic (exact) mass is 365 g/mol. The number of hydrogen-bond donors (Lipinski definition) is 1. The summed E-state index contributed by atoms with van der Waals surface area (Å²) in [5, 5.41) is 8.10. The Labute approximate surface area is 159 Å². The number of nitrogens with one attached hydrogen (secondary N) is 1. The fourth-order valence-corrected chi connectivity index (χ4v) is 3.48. The molecule has 0 atom stereocenters. The van der Waals surface area contributed by atoms with E-state index < -0.39 is 0 Å². The molecule has 4 rings (SSSR count). The van der Waals surface area contributed by atoms with Crippen molar-refractivity contribution in [1.82, 2.24) is 24.7 Å². The summed E-state index contributed by atoms with van der Waals surface area (Å²) in [6.07, 6.45) is 7.48. The highest BCUT2D eigenvalue weighted by Crippen LogP contribution is 2.31. The van der Waals surface area contributed by atoms with Crippen LogP contribution >= 0.6 is 0 Å². The molecule has 3 heterocycles. The van der Waals surface area contributed by atoms with E-state index in [1.54, 1.807) is 0 Å². The lowest BCUT2D eigenvalue weighted by atomic mass is 9.92. The van der Waals surface area contributed by atoms with Crippen molar-refractivity contribution < 1.29 is 0 Å². The van der Waals surface area contributed by atoms with Gasteiger partial charge in [0.25, 0.3) is 0 Å².